The van der Waals surface area contributed by atoms with Crippen LogP contribution >= 0.6 is 11.6 Å². The maximum Gasteiger partial charge on any atom is 0.187 e. The minimum absolute atomic E-state index is 0.00203. The zero-order valence-electron chi connectivity index (χ0n) is 11.5. The van der Waals surface area contributed by atoms with Gasteiger partial charge in [-0.2, -0.15) is 0 Å². The van der Waals surface area contributed by atoms with E-state index in [0.29, 0.717) is 0 Å². The molecule has 1 unspecified atom stereocenters. The van der Waals surface area contributed by atoms with Crippen LogP contribution in [0.15, 0.2) is 6.07 Å². The number of rotatable bonds is 7. The number of halogens is 2. The van der Waals surface area contributed by atoms with Crippen LogP contribution in [0.25, 0.3) is 0 Å². The molecule has 1 aromatic carbocycles. The first-order valence-electron chi connectivity index (χ1n) is 6.67. The molecular formula is C14H22ClFN2O. The zero-order chi connectivity index (χ0) is 14.4. The predicted octanol–water partition coefficient (Wildman–Crippen LogP) is 4.38. The first kappa shape index (κ1) is 15.9. The highest BCUT2D eigenvalue weighted by atomic mass is 35.5. The van der Waals surface area contributed by atoms with Crippen molar-refractivity contribution in [3.05, 3.63) is 16.9 Å². The van der Waals surface area contributed by atoms with Crippen LogP contribution < -0.4 is 16.2 Å². The molecule has 0 aliphatic heterocycles. The summed E-state index contributed by atoms with van der Waals surface area (Å²) in [5.41, 5.74) is 11.5. The van der Waals surface area contributed by atoms with Crippen LogP contribution in [-0.4, -0.2) is 6.10 Å². The fourth-order valence-electron chi connectivity index (χ4n) is 1.89. The van der Waals surface area contributed by atoms with E-state index in [4.69, 9.17) is 27.8 Å². The third-order valence-electron chi connectivity index (χ3n) is 3.00. The van der Waals surface area contributed by atoms with E-state index < -0.39 is 5.82 Å². The molecule has 5 heteroatoms. The van der Waals surface area contributed by atoms with Gasteiger partial charge in [0.2, 0.25) is 0 Å². The standard InChI is InChI=1S/C14H22ClFN2O/c1-3-4-5-6-7-9(2)19-14-11(18)8-10(17)12(15)13(14)16/h8-9H,3-7,17-18H2,1-2H3. The SMILES string of the molecule is CCCCCCC(C)Oc1c(N)cc(N)c(Cl)c1F. The molecule has 108 valence electrons. The van der Waals surface area contributed by atoms with Gasteiger partial charge in [0.1, 0.15) is 5.02 Å². The van der Waals surface area contributed by atoms with E-state index in [9.17, 15) is 4.39 Å². The van der Waals surface area contributed by atoms with Crippen molar-refractivity contribution >= 4 is 23.0 Å². The van der Waals surface area contributed by atoms with Gasteiger partial charge in [-0.15, -0.1) is 0 Å². The Kier molecular flexibility index (Phi) is 6.22. The molecule has 0 aliphatic carbocycles. The lowest BCUT2D eigenvalue weighted by atomic mass is 10.1. The van der Waals surface area contributed by atoms with Gasteiger partial charge in [0.15, 0.2) is 11.6 Å². The summed E-state index contributed by atoms with van der Waals surface area (Å²) in [7, 11) is 0. The normalized spacial score (nSPS) is 12.4. The Morgan fingerprint density at radius 3 is 2.58 bits per heavy atom. The van der Waals surface area contributed by atoms with Gasteiger partial charge in [-0.3, -0.25) is 0 Å². The molecule has 0 heterocycles. The van der Waals surface area contributed by atoms with Crippen molar-refractivity contribution in [1.82, 2.24) is 0 Å². The summed E-state index contributed by atoms with van der Waals surface area (Å²) in [5.74, 6) is -0.679. The quantitative estimate of drug-likeness (QED) is 0.578. The summed E-state index contributed by atoms with van der Waals surface area (Å²) >= 11 is 5.75. The van der Waals surface area contributed by atoms with Crippen LogP contribution in [0.5, 0.6) is 5.75 Å². The Morgan fingerprint density at radius 1 is 1.26 bits per heavy atom. The number of unbranched alkanes of at least 4 members (excludes halogenated alkanes) is 3. The fraction of sp³-hybridized carbons (Fsp3) is 0.571. The molecule has 0 aliphatic rings. The van der Waals surface area contributed by atoms with Gasteiger partial charge < -0.3 is 16.2 Å². The summed E-state index contributed by atoms with van der Waals surface area (Å²) in [6, 6.07) is 1.42. The lowest BCUT2D eigenvalue weighted by Crippen LogP contribution is -2.14. The fourth-order valence-corrected chi connectivity index (χ4v) is 2.03. The lowest BCUT2D eigenvalue weighted by Gasteiger charge is -2.17. The molecule has 0 saturated heterocycles. The van der Waals surface area contributed by atoms with Gasteiger partial charge in [0.05, 0.1) is 17.5 Å². The van der Waals surface area contributed by atoms with Crippen molar-refractivity contribution in [3.8, 4) is 5.75 Å². The van der Waals surface area contributed by atoms with Crippen molar-refractivity contribution in [3.63, 3.8) is 0 Å². The van der Waals surface area contributed by atoms with E-state index in [2.05, 4.69) is 6.92 Å². The summed E-state index contributed by atoms with van der Waals surface area (Å²) in [6.45, 7) is 4.06. The molecular weight excluding hydrogens is 267 g/mol. The monoisotopic (exact) mass is 288 g/mol. The predicted molar refractivity (Wildman–Crippen MR) is 79.1 cm³/mol. The maximum atomic E-state index is 13.9. The van der Waals surface area contributed by atoms with Gasteiger partial charge in [-0.05, 0) is 25.8 Å². The number of benzene rings is 1. The molecule has 1 rings (SSSR count). The number of anilines is 2. The lowest BCUT2D eigenvalue weighted by molar-refractivity contribution is 0.199. The van der Waals surface area contributed by atoms with Gasteiger partial charge in [-0.25, -0.2) is 4.39 Å². The summed E-state index contributed by atoms with van der Waals surface area (Å²) < 4.78 is 19.5. The van der Waals surface area contributed by atoms with E-state index >= 15 is 0 Å². The Bertz CT molecular complexity index is 426. The maximum absolute atomic E-state index is 13.9. The van der Waals surface area contributed by atoms with Crippen molar-refractivity contribution in [1.29, 1.82) is 0 Å². The molecule has 3 nitrogen and oxygen atoms in total. The van der Waals surface area contributed by atoms with Crippen molar-refractivity contribution in [2.45, 2.75) is 52.1 Å². The Labute approximate surface area is 119 Å². The number of ether oxygens (including phenoxy) is 1. The molecule has 1 atom stereocenters. The third-order valence-corrected chi connectivity index (χ3v) is 3.39. The van der Waals surface area contributed by atoms with E-state index in [0.717, 1.165) is 19.3 Å². The molecule has 0 spiro atoms. The molecule has 19 heavy (non-hydrogen) atoms. The zero-order valence-corrected chi connectivity index (χ0v) is 12.3. The van der Waals surface area contributed by atoms with Crippen LogP contribution in [0, 0.1) is 5.82 Å². The first-order chi connectivity index (χ1) is 8.97. The summed E-state index contributed by atoms with van der Waals surface area (Å²) in [4.78, 5) is 0. The molecule has 0 radical (unpaired) electrons. The largest absolute Gasteiger partial charge is 0.485 e. The molecule has 4 N–H and O–H groups in total. The van der Waals surface area contributed by atoms with Crippen LogP contribution in [0.2, 0.25) is 5.02 Å². The Hall–Kier alpha value is -1.16. The van der Waals surface area contributed by atoms with Crippen molar-refractivity contribution in [2.75, 3.05) is 11.5 Å². The molecule has 1 aromatic rings. The molecule has 0 aromatic heterocycles. The van der Waals surface area contributed by atoms with Gasteiger partial charge >= 0.3 is 0 Å². The Morgan fingerprint density at radius 2 is 1.95 bits per heavy atom. The van der Waals surface area contributed by atoms with Crippen LogP contribution in [-0.2, 0) is 0 Å². The molecule has 0 bridgehead atoms. The Balaban J connectivity index is 2.64. The first-order valence-corrected chi connectivity index (χ1v) is 7.04. The highest BCUT2D eigenvalue weighted by Crippen LogP contribution is 2.36. The summed E-state index contributed by atoms with van der Waals surface area (Å²) in [6.07, 6.45) is 5.36. The number of hydrogen-bond acceptors (Lipinski definition) is 3. The second-order valence-electron chi connectivity index (χ2n) is 4.79. The van der Waals surface area contributed by atoms with Gasteiger partial charge in [0.25, 0.3) is 0 Å². The third kappa shape index (κ3) is 4.46. The number of hydrogen-bond donors (Lipinski definition) is 2. The van der Waals surface area contributed by atoms with Crippen LogP contribution in [0.1, 0.15) is 46.0 Å². The molecule has 0 saturated carbocycles. The molecule has 0 fully saturated rings. The van der Waals surface area contributed by atoms with E-state index in [1.165, 1.54) is 18.9 Å². The minimum Gasteiger partial charge on any atom is -0.485 e. The number of nitrogen functional groups attached to an aromatic ring is 2. The second kappa shape index (κ2) is 7.43. The molecule has 0 amide bonds. The second-order valence-corrected chi connectivity index (χ2v) is 5.17. The van der Waals surface area contributed by atoms with E-state index in [-0.39, 0.29) is 28.3 Å². The van der Waals surface area contributed by atoms with Crippen LogP contribution in [0.4, 0.5) is 15.8 Å². The van der Waals surface area contributed by atoms with E-state index in [1.54, 1.807) is 0 Å². The highest BCUT2D eigenvalue weighted by Gasteiger charge is 2.17. The van der Waals surface area contributed by atoms with Crippen LogP contribution in [0.3, 0.4) is 0 Å². The van der Waals surface area contributed by atoms with E-state index in [1.807, 2.05) is 6.92 Å². The van der Waals surface area contributed by atoms with Crippen molar-refractivity contribution < 1.29 is 9.13 Å². The average molecular weight is 289 g/mol. The smallest absolute Gasteiger partial charge is 0.187 e. The summed E-state index contributed by atoms with van der Waals surface area (Å²) in [5, 5.41) is -0.137. The number of nitrogens with two attached hydrogens (primary N) is 2. The topological polar surface area (TPSA) is 61.3 Å². The average Bonchev–Trinajstić information content (AvgIpc) is 2.37. The van der Waals surface area contributed by atoms with Gasteiger partial charge in [0, 0.05) is 0 Å². The highest BCUT2D eigenvalue weighted by molar-refractivity contribution is 6.33. The minimum atomic E-state index is -0.681. The van der Waals surface area contributed by atoms with Crippen molar-refractivity contribution in [2.24, 2.45) is 0 Å². The van der Waals surface area contributed by atoms with Gasteiger partial charge in [-0.1, -0.05) is 37.8 Å².